The van der Waals surface area contributed by atoms with Gasteiger partial charge in [0.1, 0.15) is 11.7 Å². The number of rotatable bonds is 7. The molecular formula is C22H31N5O5S. The first kappa shape index (κ1) is 24.9. The number of sulfonamides is 1. The van der Waals surface area contributed by atoms with Crippen molar-refractivity contribution < 1.29 is 23.1 Å². The number of pyridine rings is 1. The Labute approximate surface area is 194 Å². The van der Waals surface area contributed by atoms with Crippen LogP contribution in [0.5, 0.6) is 5.88 Å². The van der Waals surface area contributed by atoms with E-state index in [2.05, 4.69) is 9.97 Å². The molecule has 0 bridgehead atoms. The maximum atomic E-state index is 13.3. The van der Waals surface area contributed by atoms with Gasteiger partial charge < -0.3 is 19.3 Å². The Kier molecular flexibility index (Phi) is 7.55. The lowest BCUT2D eigenvalue weighted by Gasteiger charge is -2.37. The van der Waals surface area contributed by atoms with E-state index in [1.54, 1.807) is 35.7 Å². The van der Waals surface area contributed by atoms with Crippen molar-refractivity contribution in [2.24, 2.45) is 13.0 Å². The predicted molar refractivity (Wildman–Crippen MR) is 123 cm³/mol. The molecule has 10 nitrogen and oxygen atoms in total. The van der Waals surface area contributed by atoms with Crippen LogP contribution >= 0.6 is 0 Å². The summed E-state index contributed by atoms with van der Waals surface area (Å²) in [5.74, 6) is -0.386. The number of carbonyl (C=O) groups excluding carboxylic acids is 1. The number of aliphatic hydroxyl groups is 1. The van der Waals surface area contributed by atoms with E-state index >= 15 is 0 Å². The second-order valence-electron chi connectivity index (χ2n) is 8.41. The minimum absolute atomic E-state index is 0.0351. The maximum absolute atomic E-state index is 13.3. The zero-order valence-corrected chi connectivity index (χ0v) is 20.4. The molecule has 0 aliphatic carbocycles. The summed E-state index contributed by atoms with van der Waals surface area (Å²) in [6.07, 6.45) is 7.55. The van der Waals surface area contributed by atoms with E-state index in [0.717, 1.165) is 5.56 Å². The Morgan fingerprint density at radius 2 is 2.12 bits per heavy atom. The van der Waals surface area contributed by atoms with E-state index in [1.807, 2.05) is 26.0 Å². The third kappa shape index (κ3) is 5.26. The summed E-state index contributed by atoms with van der Waals surface area (Å²) in [4.78, 5) is 23.2. The van der Waals surface area contributed by atoms with Gasteiger partial charge in [0.15, 0.2) is 5.03 Å². The van der Waals surface area contributed by atoms with Crippen LogP contribution in [0.4, 0.5) is 0 Å². The Morgan fingerprint density at radius 3 is 2.73 bits per heavy atom. The summed E-state index contributed by atoms with van der Waals surface area (Å²) >= 11 is 0. The summed E-state index contributed by atoms with van der Waals surface area (Å²) in [6.45, 7) is 5.64. The number of hydrogen-bond acceptors (Lipinski definition) is 7. The first-order chi connectivity index (χ1) is 15.6. The highest BCUT2D eigenvalue weighted by atomic mass is 32.2. The van der Waals surface area contributed by atoms with Gasteiger partial charge in [-0.05, 0) is 25.5 Å². The van der Waals surface area contributed by atoms with E-state index in [1.165, 1.54) is 23.9 Å². The lowest BCUT2D eigenvalue weighted by Crippen LogP contribution is -2.50. The molecule has 3 atom stereocenters. The maximum Gasteiger partial charge on any atom is 0.261 e. The Morgan fingerprint density at radius 1 is 1.39 bits per heavy atom. The number of nitrogens with zero attached hydrogens (tertiary/aromatic N) is 5. The fourth-order valence-corrected chi connectivity index (χ4v) is 4.80. The molecule has 0 unspecified atom stereocenters. The number of amides is 1. The molecular weight excluding hydrogens is 446 g/mol. The van der Waals surface area contributed by atoms with Crippen LogP contribution in [0.1, 0.15) is 36.7 Å². The van der Waals surface area contributed by atoms with Crippen molar-refractivity contribution in [1.29, 1.82) is 0 Å². The fraction of sp³-hybridized carbons (Fsp3) is 0.500. The van der Waals surface area contributed by atoms with Crippen LogP contribution in [0.25, 0.3) is 6.08 Å². The average molecular weight is 478 g/mol. The van der Waals surface area contributed by atoms with Gasteiger partial charge in [0.05, 0.1) is 25.5 Å². The van der Waals surface area contributed by atoms with E-state index in [9.17, 15) is 18.3 Å². The van der Waals surface area contributed by atoms with Crippen molar-refractivity contribution in [1.82, 2.24) is 23.7 Å². The molecule has 33 heavy (non-hydrogen) atoms. The zero-order chi connectivity index (χ0) is 24.3. The van der Waals surface area contributed by atoms with Crippen molar-refractivity contribution in [3.05, 3.63) is 42.0 Å². The van der Waals surface area contributed by atoms with Crippen molar-refractivity contribution in [2.75, 3.05) is 26.7 Å². The Bertz CT molecular complexity index is 1130. The van der Waals surface area contributed by atoms with Gasteiger partial charge in [-0.25, -0.2) is 18.4 Å². The molecule has 11 heteroatoms. The fourth-order valence-electron chi connectivity index (χ4n) is 3.65. The molecule has 1 aliphatic rings. The van der Waals surface area contributed by atoms with E-state index in [4.69, 9.17) is 4.74 Å². The monoisotopic (exact) mass is 477 g/mol. The average Bonchev–Trinajstić information content (AvgIpc) is 3.23. The molecule has 0 fully saturated rings. The van der Waals surface area contributed by atoms with Crippen molar-refractivity contribution in [3.63, 3.8) is 0 Å². The number of likely N-dealkylation sites (N-methyl/N-ethyl adjacent to an activating group) is 1. The smallest absolute Gasteiger partial charge is 0.261 e. The molecule has 1 N–H and O–H groups in total. The summed E-state index contributed by atoms with van der Waals surface area (Å²) in [7, 11) is -0.655. The Balaban J connectivity index is 1.97. The molecule has 2 aromatic rings. The zero-order valence-electron chi connectivity index (χ0n) is 19.5. The molecule has 0 spiro atoms. The molecule has 0 saturated heterocycles. The molecule has 0 aromatic carbocycles. The first-order valence-corrected chi connectivity index (χ1v) is 12.2. The summed E-state index contributed by atoms with van der Waals surface area (Å²) in [5.41, 5.74) is 1.02. The van der Waals surface area contributed by atoms with E-state index in [0.29, 0.717) is 0 Å². The predicted octanol–water partition coefficient (Wildman–Crippen LogP) is 1.39. The minimum Gasteiger partial charge on any atom is -0.472 e. The van der Waals surface area contributed by atoms with Gasteiger partial charge in [-0.2, -0.15) is 4.31 Å². The highest BCUT2D eigenvalue weighted by molar-refractivity contribution is 7.89. The molecule has 0 saturated carbocycles. The van der Waals surface area contributed by atoms with Crippen LogP contribution in [-0.2, 0) is 17.1 Å². The standard InChI is InChI=1S/C22H31N5O5S/c1-6-7-17-8-18-21(23-9-17)32-19(15(2)10-27(22(18)29)16(3)13-28)11-26(5)33(30,31)20-12-25(4)14-24-20/h6-9,12,14-16,19,28H,10-11,13H2,1-5H3/t15-,16+,19+/m1/s1. The summed E-state index contributed by atoms with van der Waals surface area (Å²) < 4.78 is 34.9. The topological polar surface area (TPSA) is 118 Å². The highest BCUT2D eigenvalue weighted by Crippen LogP contribution is 2.28. The number of carbonyl (C=O) groups is 1. The third-order valence-electron chi connectivity index (χ3n) is 5.69. The van der Waals surface area contributed by atoms with E-state index < -0.39 is 22.2 Å². The summed E-state index contributed by atoms with van der Waals surface area (Å²) in [6, 6.07) is 1.27. The second-order valence-corrected chi connectivity index (χ2v) is 10.4. The molecule has 3 heterocycles. The van der Waals surface area contributed by atoms with Crippen LogP contribution in [0.2, 0.25) is 0 Å². The molecule has 180 valence electrons. The van der Waals surface area contributed by atoms with Gasteiger partial charge in [0.25, 0.3) is 15.9 Å². The quantitative estimate of drug-likeness (QED) is 0.640. The molecule has 0 radical (unpaired) electrons. The molecule has 3 rings (SSSR count). The second kappa shape index (κ2) is 10.0. The third-order valence-corrected chi connectivity index (χ3v) is 7.40. The van der Waals surface area contributed by atoms with Crippen molar-refractivity contribution in [2.45, 2.75) is 37.9 Å². The number of ether oxygens (including phenoxy) is 1. The lowest BCUT2D eigenvalue weighted by molar-refractivity contribution is 0.0373. The number of aromatic nitrogens is 3. The van der Waals surface area contributed by atoms with E-state index in [-0.39, 0.29) is 48.0 Å². The Hall–Kier alpha value is -2.76. The van der Waals surface area contributed by atoms with Gasteiger partial charge >= 0.3 is 0 Å². The number of allylic oxidation sites excluding steroid dienone is 1. The van der Waals surface area contributed by atoms with Crippen LogP contribution in [0.3, 0.4) is 0 Å². The molecule has 2 aromatic heterocycles. The molecule has 1 amide bonds. The largest absolute Gasteiger partial charge is 0.472 e. The van der Waals surface area contributed by atoms with Crippen molar-refractivity contribution >= 4 is 22.0 Å². The first-order valence-electron chi connectivity index (χ1n) is 10.7. The van der Waals surface area contributed by atoms with Crippen LogP contribution < -0.4 is 4.74 Å². The van der Waals surface area contributed by atoms with Crippen LogP contribution in [0.15, 0.2) is 35.9 Å². The van der Waals surface area contributed by atoms with Gasteiger partial charge in [-0.1, -0.05) is 19.1 Å². The summed E-state index contributed by atoms with van der Waals surface area (Å²) in [5, 5.41) is 9.69. The number of hydrogen-bond donors (Lipinski definition) is 1. The van der Waals surface area contributed by atoms with Gasteiger partial charge in [0.2, 0.25) is 5.88 Å². The number of aliphatic hydroxyl groups excluding tert-OH is 1. The van der Waals surface area contributed by atoms with Gasteiger partial charge in [-0.15, -0.1) is 0 Å². The normalized spacial score (nSPS) is 20.5. The van der Waals surface area contributed by atoms with Crippen molar-refractivity contribution in [3.8, 4) is 5.88 Å². The SMILES string of the molecule is CC=Cc1cnc2c(c1)C(=O)N([C@@H](C)CO)C[C@@H](C)[C@H](CN(C)S(=O)(=O)c1cn(C)cn1)O2. The minimum atomic E-state index is -3.83. The van der Waals surface area contributed by atoms with Crippen LogP contribution in [-0.4, -0.2) is 82.1 Å². The van der Waals surface area contributed by atoms with Gasteiger partial charge in [-0.3, -0.25) is 4.79 Å². The van der Waals surface area contributed by atoms with Gasteiger partial charge in [0, 0.05) is 39.0 Å². The highest BCUT2D eigenvalue weighted by Gasteiger charge is 2.36. The lowest BCUT2D eigenvalue weighted by atomic mass is 10.00. The number of imidazole rings is 1. The molecule has 1 aliphatic heterocycles. The number of aryl methyl sites for hydroxylation is 1. The van der Waals surface area contributed by atoms with Crippen LogP contribution in [0, 0.1) is 5.92 Å². The number of fused-ring (bicyclic) bond motifs is 1.